The van der Waals surface area contributed by atoms with Gasteiger partial charge in [-0.05, 0) is 18.4 Å². The Morgan fingerprint density at radius 2 is 1.89 bits per heavy atom. The van der Waals surface area contributed by atoms with Crippen molar-refractivity contribution in [1.82, 2.24) is 4.90 Å². The molecule has 1 N–H and O–H groups in total. The normalized spacial score (nSPS) is 19.8. The van der Waals surface area contributed by atoms with Crippen molar-refractivity contribution in [2.24, 2.45) is 0 Å². The maximum absolute atomic E-state index is 12.3. The first kappa shape index (κ1) is 13.6. The van der Waals surface area contributed by atoms with Gasteiger partial charge < -0.3 is 10.0 Å². The molecule has 1 saturated heterocycles. The highest BCUT2D eigenvalue weighted by atomic mass is 16.4. The van der Waals surface area contributed by atoms with Crippen molar-refractivity contribution < 1.29 is 14.7 Å². The summed E-state index contributed by atoms with van der Waals surface area (Å²) in [6.07, 6.45) is 3.62. The van der Waals surface area contributed by atoms with E-state index < -0.39 is 12.0 Å². The smallest absolute Gasteiger partial charge is 0.326 e. The molecule has 0 aliphatic carbocycles. The topological polar surface area (TPSA) is 57.6 Å². The van der Waals surface area contributed by atoms with E-state index in [-0.39, 0.29) is 12.3 Å². The lowest BCUT2D eigenvalue weighted by molar-refractivity contribution is -0.150. The minimum atomic E-state index is -0.886. The molecule has 19 heavy (non-hydrogen) atoms. The molecule has 1 aliphatic heterocycles. The summed E-state index contributed by atoms with van der Waals surface area (Å²) in [5.74, 6) is -0.969. The molecule has 0 radical (unpaired) electrons. The molecule has 0 saturated carbocycles. The Hall–Kier alpha value is -1.84. The van der Waals surface area contributed by atoms with Gasteiger partial charge in [0.1, 0.15) is 6.04 Å². The van der Waals surface area contributed by atoms with Crippen LogP contribution in [0, 0.1) is 0 Å². The second-order valence-corrected chi connectivity index (χ2v) is 4.95. The molecule has 0 spiro atoms. The van der Waals surface area contributed by atoms with Crippen molar-refractivity contribution in [3.8, 4) is 0 Å². The van der Waals surface area contributed by atoms with Crippen molar-refractivity contribution in [2.45, 2.75) is 38.1 Å². The molecule has 2 rings (SSSR count). The third-order valence-corrected chi connectivity index (χ3v) is 3.56. The molecule has 1 aliphatic rings. The number of nitrogens with zero attached hydrogens (tertiary/aromatic N) is 1. The fourth-order valence-corrected chi connectivity index (χ4v) is 2.54. The summed E-state index contributed by atoms with van der Waals surface area (Å²) in [5.41, 5.74) is 0.931. The molecular formula is C15H19NO3. The van der Waals surface area contributed by atoms with Gasteiger partial charge in [0.2, 0.25) is 5.91 Å². The summed E-state index contributed by atoms with van der Waals surface area (Å²) in [4.78, 5) is 25.1. The fraction of sp³-hybridized carbons (Fsp3) is 0.467. The van der Waals surface area contributed by atoms with Crippen LogP contribution >= 0.6 is 0 Å². The third kappa shape index (κ3) is 3.56. The van der Waals surface area contributed by atoms with Gasteiger partial charge in [-0.1, -0.05) is 43.2 Å². The molecule has 1 atom stereocenters. The number of hydrogen-bond acceptors (Lipinski definition) is 2. The van der Waals surface area contributed by atoms with E-state index >= 15 is 0 Å². The number of carboxylic acids is 1. The molecule has 4 nitrogen and oxygen atoms in total. The second-order valence-electron chi connectivity index (χ2n) is 4.95. The Labute approximate surface area is 113 Å². The SMILES string of the molecule is O=C(O)C1CCCCCN1C(=O)Cc1ccccc1. The van der Waals surface area contributed by atoms with E-state index in [4.69, 9.17) is 0 Å². The van der Waals surface area contributed by atoms with E-state index in [0.717, 1.165) is 24.8 Å². The summed E-state index contributed by atoms with van der Waals surface area (Å²) in [5, 5.41) is 9.25. The van der Waals surface area contributed by atoms with Crippen LogP contribution in [0.5, 0.6) is 0 Å². The number of amides is 1. The molecule has 1 heterocycles. The van der Waals surface area contributed by atoms with Crippen LogP contribution in [0.15, 0.2) is 30.3 Å². The number of carboxylic acid groups (broad SMARTS) is 1. The van der Waals surface area contributed by atoms with Crippen LogP contribution < -0.4 is 0 Å². The molecular weight excluding hydrogens is 242 g/mol. The highest BCUT2D eigenvalue weighted by Crippen LogP contribution is 2.18. The van der Waals surface area contributed by atoms with Gasteiger partial charge in [0.05, 0.1) is 6.42 Å². The number of carbonyl (C=O) groups excluding carboxylic acids is 1. The highest BCUT2D eigenvalue weighted by Gasteiger charge is 2.30. The number of carbonyl (C=O) groups is 2. The average Bonchev–Trinajstić information content (AvgIpc) is 2.65. The Bertz CT molecular complexity index is 444. The zero-order valence-corrected chi connectivity index (χ0v) is 10.9. The molecule has 4 heteroatoms. The summed E-state index contributed by atoms with van der Waals surface area (Å²) < 4.78 is 0. The minimum absolute atomic E-state index is 0.0829. The number of benzene rings is 1. The van der Waals surface area contributed by atoms with E-state index in [0.29, 0.717) is 13.0 Å². The lowest BCUT2D eigenvalue weighted by Gasteiger charge is -2.27. The standard InChI is InChI=1S/C15H19NO3/c17-14(11-12-7-3-1-4-8-12)16-10-6-2-5-9-13(16)15(18)19/h1,3-4,7-8,13H,2,5-6,9-11H2,(H,18,19). The summed E-state index contributed by atoms with van der Waals surface area (Å²) in [6, 6.07) is 8.81. The van der Waals surface area contributed by atoms with Gasteiger partial charge in [-0.2, -0.15) is 0 Å². The van der Waals surface area contributed by atoms with Gasteiger partial charge in [-0.15, -0.1) is 0 Å². The van der Waals surface area contributed by atoms with Crippen molar-refractivity contribution in [1.29, 1.82) is 0 Å². The molecule has 1 aromatic rings. The Kier molecular flexibility index (Phi) is 4.55. The van der Waals surface area contributed by atoms with E-state index in [1.807, 2.05) is 30.3 Å². The number of hydrogen-bond donors (Lipinski definition) is 1. The molecule has 1 amide bonds. The minimum Gasteiger partial charge on any atom is -0.480 e. The second kappa shape index (κ2) is 6.36. The predicted octanol–water partition coefficient (Wildman–Crippen LogP) is 2.08. The molecule has 102 valence electrons. The summed E-state index contributed by atoms with van der Waals surface area (Å²) >= 11 is 0. The lowest BCUT2D eigenvalue weighted by atomic mass is 10.1. The zero-order chi connectivity index (χ0) is 13.7. The van der Waals surface area contributed by atoms with Crippen molar-refractivity contribution in [3.05, 3.63) is 35.9 Å². The van der Waals surface area contributed by atoms with Gasteiger partial charge in [0, 0.05) is 6.54 Å². The van der Waals surface area contributed by atoms with Crippen molar-refractivity contribution >= 4 is 11.9 Å². The van der Waals surface area contributed by atoms with Crippen molar-refractivity contribution in [3.63, 3.8) is 0 Å². The number of likely N-dealkylation sites (tertiary alicyclic amines) is 1. The Morgan fingerprint density at radius 1 is 1.16 bits per heavy atom. The summed E-state index contributed by atoms with van der Waals surface area (Å²) in [7, 11) is 0. The Balaban J connectivity index is 2.08. The molecule has 1 fully saturated rings. The van der Waals surface area contributed by atoms with Gasteiger partial charge in [-0.25, -0.2) is 4.79 Å². The van der Waals surface area contributed by atoms with Gasteiger partial charge in [0.25, 0.3) is 0 Å². The van der Waals surface area contributed by atoms with Gasteiger partial charge in [0.15, 0.2) is 0 Å². The van der Waals surface area contributed by atoms with Crippen LogP contribution in [0.3, 0.4) is 0 Å². The highest BCUT2D eigenvalue weighted by molar-refractivity contribution is 5.85. The van der Waals surface area contributed by atoms with Crippen LogP contribution in [0.4, 0.5) is 0 Å². The van der Waals surface area contributed by atoms with Crippen LogP contribution in [0.2, 0.25) is 0 Å². The van der Waals surface area contributed by atoms with Crippen LogP contribution in [-0.4, -0.2) is 34.5 Å². The molecule has 1 aromatic carbocycles. The summed E-state index contributed by atoms with van der Waals surface area (Å²) in [6.45, 7) is 0.558. The first-order chi connectivity index (χ1) is 9.18. The van der Waals surface area contributed by atoms with E-state index in [2.05, 4.69) is 0 Å². The zero-order valence-electron chi connectivity index (χ0n) is 10.9. The third-order valence-electron chi connectivity index (χ3n) is 3.56. The first-order valence-electron chi connectivity index (χ1n) is 6.74. The van der Waals surface area contributed by atoms with Crippen LogP contribution in [-0.2, 0) is 16.0 Å². The maximum Gasteiger partial charge on any atom is 0.326 e. The fourth-order valence-electron chi connectivity index (χ4n) is 2.54. The van der Waals surface area contributed by atoms with E-state index in [1.165, 1.54) is 0 Å². The average molecular weight is 261 g/mol. The van der Waals surface area contributed by atoms with Gasteiger partial charge >= 0.3 is 5.97 Å². The lowest BCUT2D eigenvalue weighted by Crippen LogP contribution is -2.45. The molecule has 0 aromatic heterocycles. The maximum atomic E-state index is 12.3. The molecule has 0 bridgehead atoms. The van der Waals surface area contributed by atoms with Crippen LogP contribution in [0.25, 0.3) is 0 Å². The van der Waals surface area contributed by atoms with Gasteiger partial charge in [-0.3, -0.25) is 4.79 Å². The predicted molar refractivity (Wildman–Crippen MR) is 71.8 cm³/mol. The molecule has 1 unspecified atom stereocenters. The van der Waals surface area contributed by atoms with E-state index in [1.54, 1.807) is 4.90 Å². The monoisotopic (exact) mass is 261 g/mol. The largest absolute Gasteiger partial charge is 0.480 e. The van der Waals surface area contributed by atoms with Crippen LogP contribution in [0.1, 0.15) is 31.2 Å². The number of aliphatic carboxylic acids is 1. The first-order valence-corrected chi connectivity index (χ1v) is 6.74. The number of rotatable bonds is 3. The van der Waals surface area contributed by atoms with Crippen molar-refractivity contribution in [2.75, 3.05) is 6.54 Å². The Morgan fingerprint density at radius 3 is 2.58 bits per heavy atom. The quantitative estimate of drug-likeness (QED) is 0.906. The van der Waals surface area contributed by atoms with E-state index in [9.17, 15) is 14.7 Å².